The predicted molar refractivity (Wildman–Crippen MR) is 104 cm³/mol. The Hall–Kier alpha value is -2.03. The second-order valence-corrected chi connectivity index (χ2v) is 7.36. The summed E-state index contributed by atoms with van der Waals surface area (Å²) in [5.41, 5.74) is 5.28. The highest BCUT2D eigenvalue weighted by atomic mass is 35.5. The van der Waals surface area contributed by atoms with Crippen LogP contribution in [0.15, 0.2) is 33.9 Å². The SMILES string of the molecule is COCCn1c(N)c(C(=O)CSC(C)c2ccc(Cl)cc2)c(=O)[nH]c1=O. The zero-order valence-electron chi connectivity index (χ0n) is 14.5. The number of benzene rings is 1. The minimum absolute atomic E-state index is 0.0240. The lowest BCUT2D eigenvalue weighted by molar-refractivity contribution is 0.102. The first-order valence-electron chi connectivity index (χ1n) is 7.87. The third-order valence-electron chi connectivity index (χ3n) is 3.84. The highest BCUT2D eigenvalue weighted by Gasteiger charge is 2.20. The van der Waals surface area contributed by atoms with Crippen molar-refractivity contribution in [3.8, 4) is 0 Å². The molecule has 2 rings (SSSR count). The van der Waals surface area contributed by atoms with Gasteiger partial charge in [-0.25, -0.2) is 4.79 Å². The number of methoxy groups -OCH3 is 1. The Balaban J connectivity index is 2.17. The summed E-state index contributed by atoms with van der Waals surface area (Å²) in [6.07, 6.45) is 0. The van der Waals surface area contributed by atoms with E-state index in [1.165, 1.54) is 18.9 Å². The minimum atomic E-state index is -0.772. The first-order chi connectivity index (χ1) is 12.3. The zero-order valence-corrected chi connectivity index (χ0v) is 16.0. The van der Waals surface area contributed by atoms with E-state index in [1.807, 2.05) is 19.1 Å². The number of Topliss-reactive ketones (excluding diaryl/α,β-unsaturated/α-hetero) is 1. The average Bonchev–Trinajstić information content (AvgIpc) is 2.59. The second-order valence-electron chi connectivity index (χ2n) is 5.59. The third-order valence-corrected chi connectivity index (χ3v) is 5.29. The molecule has 0 amide bonds. The Bertz CT molecular complexity index is 892. The largest absolute Gasteiger partial charge is 0.384 e. The molecule has 0 fully saturated rings. The average molecular weight is 398 g/mol. The van der Waals surface area contributed by atoms with E-state index in [1.54, 1.807) is 12.1 Å². The van der Waals surface area contributed by atoms with Crippen molar-refractivity contribution >= 4 is 35.0 Å². The maximum Gasteiger partial charge on any atom is 0.330 e. The van der Waals surface area contributed by atoms with Crippen molar-refractivity contribution in [2.75, 3.05) is 25.2 Å². The summed E-state index contributed by atoms with van der Waals surface area (Å²) in [7, 11) is 1.48. The molecule has 0 aliphatic heterocycles. The van der Waals surface area contributed by atoms with Crippen LogP contribution in [0.5, 0.6) is 0 Å². The highest BCUT2D eigenvalue weighted by Crippen LogP contribution is 2.29. The third kappa shape index (κ3) is 4.78. The number of ketones is 1. The molecule has 7 nitrogen and oxygen atoms in total. The van der Waals surface area contributed by atoms with Gasteiger partial charge in [0.25, 0.3) is 5.56 Å². The fourth-order valence-corrected chi connectivity index (χ4v) is 3.39. The number of carbonyl (C=O) groups excluding carboxylic acids is 1. The van der Waals surface area contributed by atoms with Crippen molar-refractivity contribution in [2.24, 2.45) is 0 Å². The van der Waals surface area contributed by atoms with Gasteiger partial charge in [-0.2, -0.15) is 0 Å². The summed E-state index contributed by atoms with van der Waals surface area (Å²) in [6, 6.07) is 7.33. The number of nitrogen functional groups attached to an aromatic ring is 1. The van der Waals surface area contributed by atoms with E-state index >= 15 is 0 Å². The van der Waals surface area contributed by atoms with Gasteiger partial charge in [-0.15, -0.1) is 11.8 Å². The lowest BCUT2D eigenvalue weighted by atomic mass is 10.2. The number of nitrogens with one attached hydrogen (secondary N) is 1. The van der Waals surface area contributed by atoms with E-state index < -0.39 is 17.0 Å². The first kappa shape index (κ1) is 20.3. The number of hydrogen-bond acceptors (Lipinski definition) is 6. The van der Waals surface area contributed by atoms with E-state index in [0.29, 0.717) is 5.02 Å². The van der Waals surface area contributed by atoms with Crippen LogP contribution in [0.25, 0.3) is 0 Å². The van der Waals surface area contributed by atoms with Gasteiger partial charge in [-0.05, 0) is 24.6 Å². The fourth-order valence-electron chi connectivity index (χ4n) is 2.36. The molecule has 1 heterocycles. The van der Waals surface area contributed by atoms with Gasteiger partial charge < -0.3 is 10.5 Å². The molecule has 1 aromatic carbocycles. The summed E-state index contributed by atoms with van der Waals surface area (Å²) in [5.74, 6) is -0.513. The summed E-state index contributed by atoms with van der Waals surface area (Å²) in [4.78, 5) is 38.6. The van der Waals surface area contributed by atoms with Gasteiger partial charge in [0.05, 0.1) is 18.9 Å². The molecule has 2 aromatic rings. The van der Waals surface area contributed by atoms with Gasteiger partial charge in [-0.1, -0.05) is 23.7 Å². The molecule has 9 heteroatoms. The number of aromatic amines is 1. The van der Waals surface area contributed by atoms with Gasteiger partial charge in [0.15, 0.2) is 5.78 Å². The number of hydrogen-bond donors (Lipinski definition) is 2. The number of carbonyl (C=O) groups is 1. The number of H-pyrrole nitrogens is 1. The molecular weight excluding hydrogens is 378 g/mol. The number of halogens is 1. The molecule has 3 N–H and O–H groups in total. The van der Waals surface area contributed by atoms with Crippen LogP contribution in [0.1, 0.15) is 28.1 Å². The molecule has 26 heavy (non-hydrogen) atoms. The molecule has 0 radical (unpaired) electrons. The van der Waals surface area contributed by atoms with Crippen LogP contribution in [-0.4, -0.2) is 34.8 Å². The van der Waals surface area contributed by atoms with Crippen LogP contribution >= 0.6 is 23.4 Å². The van der Waals surface area contributed by atoms with E-state index in [0.717, 1.165) is 10.1 Å². The zero-order chi connectivity index (χ0) is 19.3. The van der Waals surface area contributed by atoms with Gasteiger partial charge in [0, 0.05) is 17.4 Å². The van der Waals surface area contributed by atoms with Crippen molar-refractivity contribution in [3.63, 3.8) is 0 Å². The second kappa shape index (κ2) is 9.07. The van der Waals surface area contributed by atoms with Crippen LogP contribution in [-0.2, 0) is 11.3 Å². The maximum absolute atomic E-state index is 12.5. The molecule has 0 bridgehead atoms. The number of aromatic nitrogens is 2. The van der Waals surface area contributed by atoms with Crippen molar-refractivity contribution in [3.05, 3.63) is 61.3 Å². The monoisotopic (exact) mass is 397 g/mol. The van der Waals surface area contributed by atoms with Gasteiger partial charge in [0.2, 0.25) is 0 Å². The normalized spacial score (nSPS) is 12.1. The maximum atomic E-state index is 12.5. The number of nitrogens with two attached hydrogens (primary N) is 1. The topological polar surface area (TPSA) is 107 Å². The number of ether oxygens (including phenoxy) is 1. The van der Waals surface area contributed by atoms with Crippen LogP contribution in [0.4, 0.5) is 5.82 Å². The molecule has 140 valence electrons. The van der Waals surface area contributed by atoms with Crippen LogP contribution in [0.2, 0.25) is 5.02 Å². The number of anilines is 1. The van der Waals surface area contributed by atoms with Crippen LogP contribution < -0.4 is 17.0 Å². The summed E-state index contributed by atoms with van der Waals surface area (Å²) >= 11 is 7.24. The fraction of sp³-hybridized carbons (Fsp3) is 0.353. The molecule has 0 saturated heterocycles. The Morgan fingerprint density at radius 2 is 2.00 bits per heavy atom. The smallest absolute Gasteiger partial charge is 0.330 e. The molecule has 0 spiro atoms. The molecule has 0 aliphatic carbocycles. The Morgan fingerprint density at radius 3 is 2.62 bits per heavy atom. The lowest BCUT2D eigenvalue weighted by Crippen LogP contribution is -2.37. The molecular formula is C17H20ClN3O4S. The molecule has 1 aromatic heterocycles. The highest BCUT2D eigenvalue weighted by molar-refractivity contribution is 8.00. The van der Waals surface area contributed by atoms with Gasteiger partial charge >= 0.3 is 5.69 Å². The quantitative estimate of drug-likeness (QED) is 0.660. The van der Waals surface area contributed by atoms with Crippen molar-refractivity contribution in [2.45, 2.75) is 18.7 Å². The van der Waals surface area contributed by atoms with Crippen molar-refractivity contribution in [1.29, 1.82) is 0 Å². The Labute approximate surface area is 159 Å². The molecule has 1 unspecified atom stereocenters. The molecule has 0 aliphatic rings. The Morgan fingerprint density at radius 1 is 1.35 bits per heavy atom. The van der Waals surface area contributed by atoms with Gasteiger partial charge in [0.1, 0.15) is 11.4 Å². The molecule has 0 saturated carbocycles. The summed E-state index contributed by atoms with van der Waals surface area (Å²) < 4.78 is 6.05. The Kier molecular flexibility index (Phi) is 7.07. The summed E-state index contributed by atoms with van der Waals surface area (Å²) in [5, 5.41) is 0.663. The van der Waals surface area contributed by atoms with Crippen molar-refractivity contribution < 1.29 is 9.53 Å². The van der Waals surface area contributed by atoms with E-state index in [9.17, 15) is 14.4 Å². The van der Waals surface area contributed by atoms with Crippen molar-refractivity contribution in [1.82, 2.24) is 9.55 Å². The number of thioether (sulfide) groups is 1. The van der Waals surface area contributed by atoms with Gasteiger partial charge in [-0.3, -0.25) is 19.1 Å². The minimum Gasteiger partial charge on any atom is -0.384 e. The molecule has 1 atom stereocenters. The number of rotatable bonds is 8. The predicted octanol–water partition coefficient (Wildman–Crippen LogP) is 2.10. The first-order valence-corrected chi connectivity index (χ1v) is 9.29. The van der Waals surface area contributed by atoms with Crippen LogP contribution in [0.3, 0.4) is 0 Å². The van der Waals surface area contributed by atoms with E-state index in [4.69, 9.17) is 22.1 Å². The summed E-state index contributed by atoms with van der Waals surface area (Å²) in [6.45, 7) is 2.33. The number of nitrogens with zero attached hydrogens (tertiary/aromatic N) is 1. The van der Waals surface area contributed by atoms with E-state index in [-0.39, 0.29) is 35.5 Å². The standard InChI is InChI=1S/C17H20ClN3O4S/c1-10(11-3-5-12(18)6-4-11)26-9-13(22)14-15(19)21(7-8-25-2)17(24)20-16(14)23/h3-6,10H,7-9,19H2,1-2H3,(H,20,23,24). The van der Waals surface area contributed by atoms with Crippen LogP contribution in [0, 0.1) is 0 Å². The van der Waals surface area contributed by atoms with E-state index in [2.05, 4.69) is 4.98 Å². The lowest BCUT2D eigenvalue weighted by Gasteiger charge is -2.13.